The Morgan fingerprint density at radius 2 is 1.83 bits per heavy atom. The van der Waals surface area contributed by atoms with Gasteiger partial charge in [-0.15, -0.1) is 0 Å². The van der Waals surface area contributed by atoms with Gasteiger partial charge < -0.3 is 10.6 Å². The molecule has 18 heavy (non-hydrogen) atoms. The third kappa shape index (κ3) is 2.95. The van der Waals surface area contributed by atoms with Crippen molar-refractivity contribution in [3.8, 4) is 0 Å². The van der Waals surface area contributed by atoms with E-state index in [1.165, 1.54) is 0 Å². The van der Waals surface area contributed by atoms with Crippen LogP contribution in [0, 0.1) is 0 Å². The summed E-state index contributed by atoms with van der Waals surface area (Å²) in [6.07, 6.45) is 1.72. The average Bonchev–Trinajstić information content (AvgIpc) is 2.28. The van der Waals surface area contributed by atoms with Crippen LogP contribution in [0.1, 0.15) is 20.8 Å². The molecule has 2 N–H and O–H groups in total. The van der Waals surface area contributed by atoms with Crippen molar-refractivity contribution >= 4 is 27.4 Å². The van der Waals surface area contributed by atoms with Crippen molar-refractivity contribution < 1.29 is 0 Å². The van der Waals surface area contributed by atoms with Crippen LogP contribution in [0.4, 0.5) is 11.5 Å². The minimum Gasteiger partial charge on any atom is -0.397 e. The fourth-order valence-corrected chi connectivity index (χ4v) is 2.88. The van der Waals surface area contributed by atoms with Crippen LogP contribution < -0.4 is 10.6 Å². The van der Waals surface area contributed by atoms with E-state index in [-0.39, 0.29) is 5.54 Å². The zero-order valence-electron chi connectivity index (χ0n) is 11.3. The van der Waals surface area contributed by atoms with E-state index < -0.39 is 0 Å². The number of hydrogen-bond donors (Lipinski definition) is 1. The molecule has 1 saturated heterocycles. The fourth-order valence-electron chi connectivity index (χ4n) is 2.27. The molecule has 0 aromatic carbocycles. The minimum absolute atomic E-state index is 0.248. The lowest BCUT2D eigenvalue weighted by atomic mass is 10.1. The molecule has 0 radical (unpaired) electrons. The van der Waals surface area contributed by atoms with Crippen molar-refractivity contribution in [3.63, 3.8) is 0 Å². The Hall–Kier alpha value is -0.810. The second kappa shape index (κ2) is 5.05. The van der Waals surface area contributed by atoms with Crippen molar-refractivity contribution in [2.24, 2.45) is 0 Å². The molecule has 1 aromatic heterocycles. The summed E-state index contributed by atoms with van der Waals surface area (Å²) in [4.78, 5) is 9.24. The Bertz CT molecular complexity index is 419. The van der Waals surface area contributed by atoms with Gasteiger partial charge in [-0.3, -0.25) is 4.90 Å². The molecule has 4 nitrogen and oxygen atoms in total. The van der Waals surface area contributed by atoms with Gasteiger partial charge in [-0.1, -0.05) is 0 Å². The number of nitrogens with two attached hydrogens (primary N) is 1. The largest absolute Gasteiger partial charge is 0.397 e. The molecular formula is C13H21BrN4. The van der Waals surface area contributed by atoms with Crippen LogP contribution in [0.2, 0.25) is 0 Å². The van der Waals surface area contributed by atoms with Crippen molar-refractivity contribution in [1.82, 2.24) is 9.88 Å². The number of anilines is 2. The second-order valence-corrected chi connectivity index (χ2v) is 6.57. The summed E-state index contributed by atoms with van der Waals surface area (Å²) in [5.74, 6) is 0.998. The van der Waals surface area contributed by atoms with Gasteiger partial charge in [-0.2, -0.15) is 0 Å². The maximum Gasteiger partial charge on any atom is 0.143 e. The maximum absolute atomic E-state index is 5.72. The molecule has 2 heterocycles. The normalized spacial score (nSPS) is 18.1. The van der Waals surface area contributed by atoms with Crippen LogP contribution in [0.3, 0.4) is 0 Å². The first kappa shape index (κ1) is 13.6. The lowest BCUT2D eigenvalue weighted by molar-refractivity contribution is 0.128. The highest BCUT2D eigenvalue weighted by molar-refractivity contribution is 9.10. The van der Waals surface area contributed by atoms with E-state index in [9.17, 15) is 0 Å². The van der Waals surface area contributed by atoms with Gasteiger partial charge in [-0.25, -0.2) is 4.98 Å². The van der Waals surface area contributed by atoms with E-state index in [0.717, 1.165) is 36.5 Å². The number of nitrogen functional groups attached to an aromatic ring is 1. The molecule has 0 spiro atoms. The molecule has 0 saturated carbocycles. The molecule has 1 aliphatic rings. The Balaban J connectivity index is 2.06. The maximum atomic E-state index is 5.72. The van der Waals surface area contributed by atoms with Crippen LogP contribution in [-0.4, -0.2) is 41.6 Å². The molecule has 0 unspecified atom stereocenters. The van der Waals surface area contributed by atoms with Gasteiger partial charge in [0.25, 0.3) is 0 Å². The molecule has 0 atom stereocenters. The average molecular weight is 313 g/mol. The highest BCUT2D eigenvalue weighted by Gasteiger charge is 2.26. The molecule has 0 amide bonds. The van der Waals surface area contributed by atoms with E-state index in [2.05, 4.69) is 51.5 Å². The summed E-state index contributed by atoms with van der Waals surface area (Å²) in [7, 11) is 0. The first-order chi connectivity index (χ1) is 8.38. The number of piperazine rings is 1. The molecule has 1 aliphatic heterocycles. The Morgan fingerprint density at radius 1 is 1.22 bits per heavy atom. The summed E-state index contributed by atoms with van der Waals surface area (Å²) in [6, 6.07) is 1.92. The standard InChI is InChI=1S/C13H21BrN4/c1-13(2,3)18-6-4-17(5-7-18)12-11(14)8-10(15)9-16-12/h8-9H,4-7,15H2,1-3H3. The number of hydrogen-bond acceptors (Lipinski definition) is 4. The smallest absolute Gasteiger partial charge is 0.143 e. The van der Waals surface area contributed by atoms with Crippen LogP contribution in [-0.2, 0) is 0 Å². The molecule has 5 heteroatoms. The van der Waals surface area contributed by atoms with Gasteiger partial charge in [0, 0.05) is 31.7 Å². The van der Waals surface area contributed by atoms with Gasteiger partial charge in [0.15, 0.2) is 0 Å². The van der Waals surface area contributed by atoms with Crippen LogP contribution >= 0.6 is 15.9 Å². The van der Waals surface area contributed by atoms with E-state index in [4.69, 9.17) is 5.73 Å². The first-order valence-electron chi connectivity index (χ1n) is 6.29. The number of pyridine rings is 1. The minimum atomic E-state index is 0.248. The zero-order chi connectivity index (χ0) is 13.3. The number of aromatic nitrogens is 1. The van der Waals surface area contributed by atoms with Crippen molar-refractivity contribution in [1.29, 1.82) is 0 Å². The molecule has 0 bridgehead atoms. The summed E-state index contributed by atoms with van der Waals surface area (Å²) >= 11 is 3.54. The van der Waals surface area contributed by atoms with Gasteiger partial charge in [-0.05, 0) is 42.8 Å². The summed E-state index contributed by atoms with van der Waals surface area (Å²) < 4.78 is 0.978. The topological polar surface area (TPSA) is 45.4 Å². The molecular weight excluding hydrogens is 292 g/mol. The Morgan fingerprint density at radius 3 is 2.33 bits per heavy atom. The molecule has 1 fully saturated rings. The van der Waals surface area contributed by atoms with E-state index in [1.54, 1.807) is 6.20 Å². The van der Waals surface area contributed by atoms with Gasteiger partial charge in [0.1, 0.15) is 5.82 Å². The SMILES string of the molecule is CC(C)(C)N1CCN(c2ncc(N)cc2Br)CC1. The van der Waals surface area contributed by atoms with Crippen molar-refractivity contribution in [2.45, 2.75) is 26.3 Å². The Labute approximate surface area is 117 Å². The van der Waals surface area contributed by atoms with Gasteiger partial charge >= 0.3 is 0 Å². The van der Waals surface area contributed by atoms with Gasteiger partial charge in [0.2, 0.25) is 0 Å². The van der Waals surface area contributed by atoms with Gasteiger partial charge in [0.05, 0.1) is 16.4 Å². The predicted molar refractivity (Wildman–Crippen MR) is 79.9 cm³/mol. The number of halogens is 1. The molecule has 2 rings (SSSR count). The highest BCUT2D eigenvalue weighted by atomic mass is 79.9. The fraction of sp³-hybridized carbons (Fsp3) is 0.615. The highest BCUT2D eigenvalue weighted by Crippen LogP contribution is 2.27. The summed E-state index contributed by atoms with van der Waals surface area (Å²) in [5.41, 5.74) is 6.66. The third-order valence-electron chi connectivity index (χ3n) is 3.37. The van der Waals surface area contributed by atoms with Crippen LogP contribution in [0.25, 0.3) is 0 Å². The molecule has 100 valence electrons. The van der Waals surface area contributed by atoms with Crippen molar-refractivity contribution in [2.75, 3.05) is 36.8 Å². The van der Waals surface area contributed by atoms with E-state index >= 15 is 0 Å². The summed E-state index contributed by atoms with van der Waals surface area (Å²) in [6.45, 7) is 10.9. The first-order valence-corrected chi connectivity index (χ1v) is 7.08. The molecule has 1 aromatic rings. The lowest BCUT2D eigenvalue weighted by Crippen LogP contribution is -2.53. The van der Waals surface area contributed by atoms with E-state index in [0.29, 0.717) is 5.69 Å². The Kier molecular flexibility index (Phi) is 3.82. The summed E-state index contributed by atoms with van der Waals surface area (Å²) in [5, 5.41) is 0. The predicted octanol–water partition coefficient (Wildman–Crippen LogP) is 2.35. The second-order valence-electron chi connectivity index (χ2n) is 5.72. The van der Waals surface area contributed by atoms with Crippen molar-refractivity contribution in [3.05, 3.63) is 16.7 Å². The number of nitrogens with zero attached hydrogens (tertiary/aromatic N) is 3. The number of rotatable bonds is 1. The monoisotopic (exact) mass is 312 g/mol. The quantitative estimate of drug-likeness (QED) is 0.864. The van der Waals surface area contributed by atoms with Crippen LogP contribution in [0.15, 0.2) is 16.7 Å². The molecule has 0 aliphatic carbocycles. The van der Waals surface area contributed by atoms with Crippen LogP contribution in [0.5, 0.6) is 0 Å². The zero-order valence-corrected chi connectivity index (χ0v) is 12.9. The van der Waals surface area contributed by atoms with E-state index in [1.807, 2.05) is 6.07 Å². The third-order valence-corrected chi connectivity index (χ3v) is 3.95. The lowest BCUT2D eigenvalue weighted by Gasteiger charge is -2.42.